The van der Waals surface area contributed by atoms with Crippen molar-refractivity contribution in [3.8, 4) is 11.8 Å². The van der Waals surface area contributed by atoms with Crippen LogP contribution in [0, 0.1) is 17.2 Å². The van der Waals surface area contributed by atoms with Gasteiger partial charge in [-0.2, -0.15) is 5.26 Å². The molecule has 1 aromatic rings. The summed E-state index contributed by atoms with van der Waals surface area (Å²) in [6, 6.07) is 7.75. The zero-order valence-electron chi connectivity index (χ0n) is 13.1. The van der Waals surface area contributed by atoms with E-state index in [4.69, 9.17) is 0 Å². The average molecular weight is 299 g/mol. The lowest BCUT2D eigenvalue weighted by Crippen LogP contribution is -2.47. The van der Waals surface area contributed by atoms with Crippen LogP contribution in [0.25, 0.3) is 0 Å². The molecule has 3 rings (SSSR count). The Labute approximate surface area is 132 Å². The molecule has 2 fully saturated rings. The molecule has 1 aliphatic heterocycles. The van der Waals surface area contributed by atoms with E-state index in [-0.39, 0.29) is 6.04 Å². The van der Waals surface area contributed by atoms with Crippen molar-refractivity contribution in [3.05, 3.63) is 29.3 Å². The Hall–Kier alpha value is -1.57. The van der Waals surface area contributed by atoms with Crippen molar-refractivity contribution >= 4 is 0 Å². The van der Waals surface area contributed by atoms with Crippen LogP contribution in [0.5, 0.6) is 5.75 Å². The van der Waals surface area contributed by atoms with E-state index in [0.29, 0.717) is 17.2 Å². The minimum atomic E-state index is 0.246. The van der Waals surface area contributed by atoms with Crippen molar-refractivity contribution in [3.63, 3.8) is 0 Å². The molecule has 1 saturated heterocycles. The maximum atomic E-state index is 10.4. The lowest BCUT2D eigenvalue weighted by Gasteiger charge is -2.41. The second kappa shape index (κ2) is 7.13. The first kappa shape index (κ1) is 15.3. The highest BCUT2D eigenvalue weighted by Crippen LogP contribution is 2.41. The molecule has 1 heterocycles. The highest BCUT2D eigenvalue weighted by molar-refractivity contribution is 5.43. The molecule has 1 aliphatic carbocycles. The van der Waals surface area contributed by atoms with Crippen molar-refractivity contribution < 1.29 is 5.11 Å². The van der Waals surface area contributed by atoms with E-state index in [0.717, 1.165) is 31.7 Å². The van der Waals surface area contributed by atoms with E-state index in [1.165, 1.54) is 32.1 Å². The molecule has 2 aliphatic rings. The van der Waals surface area contributed by atoms with Gasteiger partial charge < -0.3 is 10.4 Å². The SMILES string of the molecule is N#Cc1ccc(O)c([C@@H](C2CCCCC2)N2CCNCC2)c1. The fourth-order valence-electron chi connectivity index (χ4n) is 4.02. The first-order valence-corrected chi connectivity index (χ1v) is 8.47. The molecular formula is C18H25N3O. The quantitative estimate of drug-likeness (QED) is 0.901. The molecule has 0 amide bonds. The normalized spacial score (nSPS) is 22.1. The van der Waals surface area contributed by atoms with Crippen molar-refractivity contribution in [2.24, 2.45) is 5.92 Å². The van der Waals surface area contributed by atoms with Gasteiger partial charge in [0.1, 0.15) is 5.75 Å². The summed E-state index contributed by atoms with van der Waals surface area (Å²) in [5, 5.41) is 23.0. The summed E-state index contributed by atoms with van der Waals surface area (Å²) in [7, 11) is 0. The average Bonchev–Trinajstić information content (AvgIpc) is 2.59. The second-order valence-electron chi connectivity index (χ2n) is 6.51. The van der Waals surface area contributed by atoms with Gasteiger partial charge in [0, 0.05) is 37.8 Å². The number of aromatic hydroxyl groups is 1. The summed E-state index contributed by atoms with van der Waals surface area (Å²) in [6.45, 7) is 4.03. The zero-order valence-corrected chi connectivity index (χ0v) is 13.1. The zero-order chi connectivity index (χ0) is 15.4. The van der Waals surface area contributed by atoms with E-state index in [1.807, 2.05) is 6.07 Å². The topological polar surface area (TPSA) is 59.3 Å². The van der Waals surface area contributed by atoms with E-state index < -0.39 is 0 Å². The molecular weight excluding hydrogens is 274 g/mol. The Bertz CT molecular complexity index is 522. The van der Waals surface area contributed by atoms with Gasteiger partial charge in [-0.1, -0.05) is 19.3 Å². The van der Waals surface area contributed by atoms with Gasteiger partial charge in [-0.15, -0.1) is 0 Å². The molecule has 0 unspecified atom stereocenters. The van der Waals surface area contributed by atoms with Gasteiger partial charge in [0.15, 0.2) is 0 Å². The molecule has 1 atom stereocenters. The van der Waals surface area contributed by atoms with E-state index >= 15 is 0 Å². The smallest absolute Gasteiger partial charge is 0.120 e. The number of nitrogens with zero attached hydrogens (tertiary/aromatic N) is 2. The first-order chi connectivity index (χ1) is 10.8. The largest absolute Gasteiger partial charge is 0.508 e. The molecule has 4 nitrogen and oxygen atoms in total. The van der Waals surface area contributed by atoms with Crippen LogP contribution in [0.2, 0.25) is 0 Å². The van der Waals surface area contributed by atoms with E-state index in [9.17, 15) is 10.4 Å². The molecule has 118 valence electrons. The summed E-state index contributed by atoms with van der Waals surface area (Å²) in [6.07, 6.45) is 6.35. The maximum Gasteiger partial charge on any atom is 0.120 e. The fraction of sp³-hybridized carbons (Fsp3) is 0.611. The Balaban J connectivity index is 1.94. The number of nitrogens with one attached hydrogen (secondary N) is 1. The molecule has 22 heavy (non-hydrogen) atoms. The maximum absolute atomic E-state index is 10.4. The van der Waals surface area contributed by atoms with Gasteiger partial charge in [-0.05, 0) is 37.0 Å². The number of hydrogen-bond acceptors (Lipinski definition) is 4. The van der Waals surface area contributed by atoms with Crippen LogP contribution in [0.1, 0.15) is 49.3 Å². The molecule has 4 heteroatoms. The standard InChI is InChI=1S/C18H25N3O/c19-13-14-6-7-17(22)16(12-14)18(15-4-2-1-3-5-15)21-10-8-20-9-11-21/h6-7,12,15,18,20,22H,1-5,8-11H2/t18-/m1/s1. The third kappa shape index (κ3) is 3.26. The summed E-state index contributed by atoms with van der Waals surface area (Å²) in [5.74, 6) is 0.930. The summed E-state index contributed by atoms with van der Waals surface area (Å²) < 4.78 is 0. The summed E-state index contributed by atoms with van der Waals surface area (Å²) in [5.41, 5.74) is 1.59. The van der Waals surface area contributed by atoms with Crippen LogP contribution in [0.15, 0.2) is 18.2 Å². The van der Waals surface area contributed by atoms with Gasteiger partial charge in [0.2, 0.25) is 0 Å². The molecule has 0 radical (unpaired) electrons. The van der Waals surface area contributed by atoms with Gasteiger partial charge in [0.05, 0.1) is 11.6 Å². The molecule has 2 N–H and O–H groups in total. The van der Waals surface area contributed by atoms with Gasteiger partial charge in [-0.3, -0.25) is 4.90 Å². The predicted molar refractivity (Wildman–Crippen MR) is 86.6 cm³/mol. The minimum Gasteiger partial charge on any atom is -0.508 e. The Morgan fingerprint density at radius 3 is 2.59 bits per heavy atom. The van der Waals surface area contributed by atoms with Crippen LogP contribution < -0.4 is 5.32 Å². The third-order valence-electron chi connectivity index (χ3n) is 5.12. The van der Waals surface area contributed by atoms with Gasteiger partial charge in [-0.25, -0.2) is 0 Å². The lowest BCUT2D eigenvalue weighted by atomic mass is 9.79. The summed E-state index contributed by atoms with van der Waals surface area (Å²) in [4.78, 5) is 2.50. The molecule has 1 saturated carbocycles. The highest BCUT2D eigenvalue weighted by Gasteiger charge is 2.32. The molecule has 0 spiro atoms. The van der Waals surface area contributed by atoms with Crippen LogP contribution in [0.3, 0.4) is 0 Å². The number of rotatable bonds is 3. The number of piperazine rings is 1. The molecule has 1 aromatic carbocycles. The van der Waals surface area contributed by atoms with Crippen molar-refractivity contribution in [2.75, 3.05) is 26.2 Å². The second-order valence-corrected chi connectivity index (χ2v) is 6.51. The number of benzene rings is 1. The lowest BCUT2D eigenvalue weighted by molar-refractivity contribution is 0.101. The fourth-order valence-corrected chi connectivity index (χ4v) is 4.02. The Kier molecular flexibility index (Phi) is 4.97. The third-order valence-corrected chi connectivity index (χ3v) is 5.12. The van der Waals surface area contributed by atoms with Crippen LogP contribution >= 0.6 is 0 Å². The van der Waals surface area contributed by atoms with Gasteiger partial charge >= 0.3 is 0 Å². The van der Waals surface area contributed by atoms with Crippen molar-refractivity contribution in [1.82, 2.24) is 10.2 Å². The molecule has 0 aromatic heterocycles. The Morgan fingerprint density at radius 1 is 1.18 bits per heavy atom. The van der Waals surface area contributed by atoms with Crippen molar-refractivity contribution in [2.45, 2.75) is 38.1 Å². The van der Waals surface area contributed by atoms with Crippen LogP contribution in [-0.2, 0) is 0 Å². The van der Waals surface area contributed by atoms with E-state index in [1.54, 1.807) is 12.1 Å². The number of nitriles is 1. The van der Waals surface area contributed by atoms with Crippen LogP contribution in [-0.4, -0.2) is 36.2 Å². The minimum absolute atomic E-state index is 0.246. The first-order valence-electron chi connectivity index (χ1n) is 8.47. The monoisotopic (exact) mass is 299 g/mol. The van der Waals surface area contributed by atoms with Crippen LogP contribution in [0.4, 0.5) is 0 Å². The predicted octanol–water partition coefficient (Wildman–Crippen LogP) is 2.79. The van der Waals surface area contributed by atoms with Gasteiger partial charge in [0.25, 0.3) is 0 Å². The number of hydrogen-bond donors (Lipinski definition) is 2. The highest BCUT2D eigenvalue weighted by atomic mass is 16.3. The number of phenols is 1. The van der Waals surface area contributed by atoms with E-state index in [2.05, 4.69) is 16.3 Å². The Morgan fingerprint density at radius 2 is 1.91 bits per heavy atom. The van der Waals surface area contributed by atoms with Crippen molar-refractivity contribution in [1.29, 1.82) is 5.26 Å². The summed E-state index contributed by atoms with van der Waals surface area (Å²) >= 11 is 0. The number of phenolic OH excluding ortho intramolecular Hbond substituents is 1. The molecule has 0 bridgehead atoms.